The fraction of sp³-hybridized carbons (Fsp3) is 0.115. The number of carbonyl (C=O) groups is 3. The molecule has 5 rings (SSSR count). The Bertz CT molecular complexity index is 1330. The lowest BCUT2D eigenvalue weighted by Gasteiger charge is -2.29. The summed E-state index contributed by atoms with van der Waals surface area (Å²) in [4.78, 5) is 41.3. The smallest absolute Gasteiger partial charge is 0.283 e. The molecule has 34 heavy (non-hydrogen) atoms. The molecule has 0 radical (unpaired) electrons. The van der Waals surface area contributed by atoms with Crippen molar-refractivity contribution in [2.75, 3.05) is 16.8 Å². The van der Waals surface area contributed by atoms with E-state index in [4.69, 9.17) is 23.2 Å². The predicted octanol–water partition coefficient (Wildman–Crippen LogP) is 4.97. The zero-order valence-electron chi connectivity index (χ0n) is 17.9. The summed E-state index contributed by atoms with van der Waals surface area (Å²) in [5.74, 6) is -1.24. The molecule has 3 aromatic carbocycles. The zero-order valence-corrected chi connectivity index (χ0v) is 19.4. The number of anilines is 2. The van der Waals surface area contributed by atoms with E-state index in [9.17, 15) is 14.4 Å². The number of carbonyl (C=O) groups excluding carboxylic acids is 3. The van der Waals surface area contributed by atoms with Crippen molar-refractivity contribution in [3.05, 3.63) is 105 Å². The molecule has 0 bridgehead atoms. The van der Waals surface area contributed by atoms with Crippen LogP contribution in [0.5, 0.6) is 0 Å². The quantitative estimate of drug-likeness (QED) is 0.522. The van der Waals surface area contributed by atoms with Crippen molar-refractivity contribution in [1.82, 2.24) is 4.90 Å². The fourth-order valence-electron chi connectivity index (χ4n) is 4.13. The lowest BCUT2D eigenvalue weighted by atomic mass is 9.99. The summed E-state index contributed by atoms with van der Waals surface area (Å²) < 4.78 is 0. The molecule has 3 aromatic rings. The van der Waals surface area contributed by atoms with Crippen molar-refractivity contribution in [1.29, 1.82) is 0 Å². The van der Waals surface area contributed by atoms with Gasteiger partial charge in [0.05, 0.1) is 5.69 Å². The van der Waals surface area contributed by atoms with Crippen molar-refractivity contribution in [3.8, 4) is 0 Å². The number of hydrogen-bond acceptors (Lipinski definition) is 4. The van der Waals surface area contributed by atoms with Gasteiger partial charge in [-0.15, -0.1) is 0 Å². The first-order valence-electron chi connectivity index (χ1n) is 10.7. The third-order valence-corrected chi connectivity index (χ3v) is 6.53. The van der Waals surface area contributed by atoms with E-state index in [1.54, 1.807) is 48.5 Å². The van der Waals surface area contributed by atoms with Gasteiger partial charge in [-0.3, -0.25) is 14.4 Å². The van der Waals surface area contributed by atoms with Gasteiger partial charge in [0.15, 0.2) is 0 Å². The summed E-state index contributed by atoms with van der Waals surface area (Å²) in [7, 11) is 0. The Hall–Kier alpha value is -3.61. The second kappa shape index (κ2) is 8.97. The van der Waals surface area contributed by atoms with Crippen LogP contribution >= 0.6 is 23.2 Å². The van der Waals surface area contributed by atoms with E-state index in [0.717, 1.165) is 16.9 Å². The van der Waals surface area contributed by atoms with Gasteiger partial charge in [0, 0.05) is 29.4 Å². The number of imide groups is 1. The Balaban J connectivity index is 1.29. The molecule has 2 heterocycles. The second-order valence-electron chi connectivity index (χ2n) is 8.06. The van der Waals surface area contributed by atoms with Crippen molar-refractivity contribution < 1.29 is 14.4 Å². The highest BCUT2D eigenvalue weighted by atomic mass is 35.5. The van der Waals surface area contributed by atoms with Crippen molar-refractivity contribution >= 4 is 52.3 Å². The number of rotatable bonds is 4. The van der Waals surface area contributed by atoms with Crippen LogP contribution < -0.4 is 10.2 Å². The SMILES string of the molecule is O=C(c1ccc(NC2=C(Cl)C(=O)N(c3ccc(Cl)cc3)C2=O)cc1)N1CCc2ccccc2C1. The molecule has 0 saturated carbocycles. The van der Waals surface area contributed by atoms with E-state index in [1.165, 1.54) is 5.56 Å². The third-order valence-electron chi connectivity index (χ3n) is 5.93. The van der Waals surface area contributed by atoms with Gasteiger partial charge in [0.2, 0.25) is 0 Å². The van der Waals surface area contributed by atoms with E-state index >= 15 is 0 Å². The zero-order chi connectivity index (χ0) is 23.8. The maximum atomic E-state index is 13.0. The summed E-state index contributed by atoms with van der Waals surface area (Å²) in [5, 5.41) is 3.21. The van der Waals surface area contributed by atoms with Crippen molar-refractivity contribution in [3.63, 3.8) is 0 Å². The highest BCUT2D eigenvalue weighted by Crippen LogP contribution is 2.31. The Morgan fingerprint density at radius 2 is 1.50 bits per heavy atom. The van der Waals surface area contributed by atoms with E-state index < -0.39 is 11.8 Å². The van der Waals surface area contributed by atoms with Gasteiger partial charge in [-0.25, -0.2) is 4.90 Å². The number of fused-ring (bicyclic) bond motifs is 1. The summed E-state index contributed by atoms with van der Waals surface area (Å²) in [5.41, 5.74) is 3.87. The lowest BCUT2D eigenvalue weighted by molar-refractivity contribution is -0.120. The molecule has 6 nitrogen and oxygen atoms in total. The normalized spacial score (nSPS) is 15.6. The van der Waals surface area contributed by atoms with E-state index in [-0.39, 0.29) is 16.6 Å². The van der Waals surface area contributed by atoms with Gasteiger partial charge in [-0.2, -0.15) is 0 Å². The average molecular weight is 492 g/mol. The van der Waals surface area contributed by atoms with Gasteiger partial charge < -0.3 is 10.2 Å². The number of hydrogen-bond donors (Lipinski definition) is 1. The number of benzene rings is 3. The lowest BCUT2D eigenvalue weighted by Crippen LogP contribution is -2.35. The molecular formula is C26H19Cl2N3O3. The molecule has 0 atom stereocenters. The van der Waals surface area contributed by atoms with Crippen LogP contribution in [0.15, 0.2) is 83.5 Å². The van der Waals surface area contributed by atoms with Gasteiger partial charge in [0.25, 0.3) is 17.7 Å². The first kappa shape index (κ1) is 22.2. The second-order valence-corrected chi connectivity index (χ2v) is 8.87. The van der Waals surface area contributed by atoms with Gasteiger partial charge >= 0.3 is 0 Å². The number of nitrogens with one attached hydrogen (secondary N) is 1. The minimum atomic E-state index is -0.617. The number of amides is 3. The molecule has 0 aliphatic carbocycles. The molecule has 2 aliphatic rings. The van der Waals surface area contributed by atoms with Gasteiger partial charge in [-0.05, 0) is 66.1 Å². The van der Waals surface area contributed by atoms with Gasteiger partial charge in [0.1, 0.15) is 10.7 Å². The molecular weight excluding hydrogens is 473 g/mol. The summed E-state index contributed by atoms with van der Waals surface area (Å²) in [6, 6.07) is 21.2. The average Bonchev–Trinajstić information content (AvgIpc) is 3.07. The van der Waals surface area contributed by atoms with Crippen LogP contribution in [0.1, 0.15) is 21.5 Å². The van der Waals surface area contributed by atoms with Crippen LogP contribution in [0, 0.1) is 0 Å². The predicted molar refractivity (Wildman–Crippen MR) is 132 cm³/mol. The standard InChI is InChI=1S/C26H19Cl2N3O3/c27-19-7-11-21(12-8-19)31-25(33)22(28)23(26(31)34)29-20-9-5-17(6-10-20)24(32)30-14-13-16-3-1-2-4-18(16)15-30/h1-12,29H,13-15H2. The van der Waals surface area contributed by atoms with Crippen LogP contribution in [0.25, 0.3) is 0 Å². The Morgan fingerprint density at radius 1 is 0.824 bits per heavy atom. The third kappa shape index (κ3) is 4.06. The molecule has 8 heteroatoms. The summed E-state index contributed by atoms with van der Waals surface area (Å²) in [6.45, 7) is 1.24. The van der Waals surface area contributed by atoms with E-state index in [2.05, 4.69) is 11.4 Å². The van der Waals surface area contributed by atoms with Crippen molar-refractivity contribution in [2.45, 2.75) is 13.0 Å². The molecule has 0 fully saturated rings. The summed E-state index contributed by atoms with van der Waals surface area (Å²) >= 11 is 12.1. The maximum absolute atomic E-state index is 13.0. The Labute approximate surface area is 206 Å². The van der Waals surface area contributed by atoms with Crippen molar-refractivity contribution in [2.24, 2.45) is 0 Å². The Kier molecular flexibility index (Phi) is 5.86. The minimum absolute atomic E-state index is 0.0201. The maximum Gasteiger partial charge on any atom is 0.283 e. The number of nitrogens with zero attached hydrogens (tertiary/aromatic N) is 2. The largest absolute Gasteiger partial charge is 0.350 e. The van der Waals surface area contributed by atoms with Gasteiger partial charge in [-0.1, -0.05) is 47.5 Å². The minimum Gasteiger partial charge on any atom is -0.350 e. The molecule has 1 N–H and O–H groups in total. The highest BCUT2D eigenvalue weighted by molar-refractivity contribution is 6.53. The first-order chi connectivity index (χ1) is 16.4. The topological polar surface area (TPSA) is 69.7 Å². The fourth-order valence-corrected chi connectivity index (χ4v) is 4.47. The van der Waals surface area contributed by atoms with E-state index in [0.29, 0.717) is 35.1 Å². The molecule has 3 amide bonds. The molecule has 0 saturated heterocycles. The highest BCUT2D eigenvalue weighted by Gasteiger charge is 2.39. The van der Waals surface area contributed by atoms with Crippen LogP contribution in [0.2, 0.25) is 5.02 Å². The molecule has 0 unspecified atom stereocenters. The molecule has 0 aromatic heterocycles. The summed E-state index contributed by atoms with van der Waals surface area (Å²) in [6.07, 6.45) is 0.828. The molecule has 170 valence electrons. The van der Waals surface area contributed by atoms with Crippen LogP contribution in [0.3, 0.4) is 0 Å². The van der Waals surface area contributed by atoms with Crippen LogP contribution in [-0.2, 0) is 22.6 Å². The monoisotopic (exact) mass is 491 g/mol. The van der Waals surface area contributed by atoms with Crippen LogP contribution in [0.4, 0.5) is 11.4 Å². The first-order valence-corrected chi connectivity index (χ1v) is 11.5. The van der Waals surface area contributed by atoms with Crippen LogP contribution in [-0.4, -0.2) is 29.2 Å². The molecule has 2 aliphatic heterocycles. The number of halogens is 2. The molecule has 0 spiro atoms. The van der Waals surface area contributed by atoms with E-state index in [1.807, 2.05) is 23.1 Å². The Morgan fingerprint density at radius 3 is 2.21 bits per heavy atom.